The first kappa shape index (κ1) is 11.2. The number of halogens is 1. The lowest BCUT2D eigenvalue weighted by Gasteiger charge is -2.27. The minimum Gasteiger partial charge on any atom is -0.351 e. The molecule has 0 radical (unpaired) electrons. The number of nitrogens with zero attached hydrogens (tertiary/aromatic N) is 2. The monoisotopic (exact) mass is 239 g/mol. The summed E-state index contributed by atoms with van der Waals surface area (Å²) in [6, 6.07) is 3.24. The normalized spacial score (nSPS) is 16.3. The van der Waals surface area contributed by atoms with E-state index in [-0.39, 0.29) is 6.04 Å². The van der Waals surface area contributed by atoms with Gasteiger partial charge in [0, 0.05) is 12.2 Å². The number of hydrogen-bond acceptors (Lipinski definition) is 2. The second-order valence-electron chi connectivity index (χ2n) is 3.96. The van der Waals surface area contributed by atoms with Crippen molar-refractivity contribution in [2.24, 2.45) is 5.73 Å². The molecule has 86 valence electrons. The summed E-state index contributed by atoms with van der Waals surface area (Å²) in [6.07, 6.45) is 5.82. The Morgan fingerprint density at radius 2 is 2.19 bits per heavy atom. The molecule has 0 aliphatic heterocycles. The molecule has 0 atom stereocenters. The molecule has 2 rings (SSSR count). The lowest BCUT2D eigenvalue weighted by Crippen LogP contribution is -2.42. The number of primary amides is 1. The van der Waals surface area contributed by atoms with Crippen molar-refractivity contribution >= 4 is 23.3 Å². The van der Waals surface area contributed by atoms with E-state index in [1.54, 1.807) is 23.2 Å². The molecule has 16 heavy (non-hydrogen) atoms. The van der Waals surface area contributed by atoms with Gasteiger partial charge in [-0.15, -0.1) is 0 Å². The summed E-state index contributed by atoms with van der Waals surface area (Å²) in [7, 11) is 0. The molecule has 1 heterocycles. The molecule has 1 aliphatic rings. The number of carbonyl (C=O) groups is 1. The molecule has 0 unspecified atom stereocenters. The van der Waals surface area contributed by atoms with E-state index in [9.17, 15) is 4.79 Å². The van der Waals surface area contributed by atoms with E-state index in [0.29, 0.717) is 10.8 Å². The smallest absolute Gasteiger partial charge is 0.319 e. The largest absolute Gasteiger partial charge is 0.351 e. The van der Waals surface area contributed by atoms with Crippen LogP contribution in [-0.4, -0.2) is 17.1 Å². The highest BCUT2D eigenvalue weighted by molar-refractivity contribution is 6.32. The van der Waals surface area contributed by atoms with Gasteiger partial charge in [0.15, 0.2) is 5.15 Å². The maximum absolute atomic E-state index is 11.5. The molecular formula is C11H14ClN3O. The third kappa shape index (κ3) is 2.11. The first-order chi connectivity index (χ1) is 7.70. The number of amides is 2. The van der Waals surface area contributed by atoms with Crippen LogP contribution in [0.15, 0.2) is 18.3 Å². The molecule has 0 aromatic carbocycles. The van der Waals surface area contributed by atoms with Crippen LogP contribution in [0.2, 0.25) is 5.15 Å². The van der Waals surface area contributed by atoms with Gasteiger partial charge in [-0.1, -0.05) is 24.4 Å². The quantitative estimate of drug-likeness (QED) is 0.807. The zero-order valence-electron chi connectivity index (χ0n) is 8.90. The molecule has 1 aromatic heterocycles. The van der Waals surface area contributed by atoms with Crippen molar-refractivity contribution in [3.05, 3.63) is 23.5 Å². The molecule has 2 amide bonds. The predicted octanol–water partition coefficient (Wildman–Crippen LogP) is 2.56. The fraction of sp³-hybridized carbons (Fsp3) is 0.455. The number of anilines is 1. The molecule has 1 fully saturated rings. The topological polar surface area (TPSA) is 59.2 Å². The van der Waals surface area contributed by atoms with Crippen LogP contribution in [0.25, 0.3) is 0 Å². The van der Waals surface area contributed by atoms with E-state index < -0.39 is 6.03 Å². The molecule has 0 saturated heterocycles. The molecule has 1 aromatic rings. The van der Waals surface area contributed by atoms with Crippen molar-refractivity contribution in [2.45, 2.75) is 31.7 Å². The van der Waals surface area contributed by atoms with Crippen LogP contribution in [0.5, 0.6) is 0 Å². The first-order valence-corrected chi connectivity index (χ1v) is 5.77. The Labute approximate surface area is 99.4 Å². The van der Waals surface area contributed by atoms with Gasteiger partial charge in [-0.3, -0.25) is 4.90 Å². The molecule has 5 heteroatoms. The average molecular weight is 240 g/mol. The van der Waals surface area contributed by atoms with Crippen LogP contribution in [0.3, 0.4) is 0 Å². The molecular weight excluding hydrogens is 226 g/mol. The lowest BCUT2D eigenvalue weighted by molar-refractivity contribution is 0.251. The Hall–Kier alpha value is -1.29. The van der Waals surface area contributed by atoms with Crippen LogP contribution in [0.1, 0.15) is 25.7 Å². The van der Waals surface area contributed by atoms with Gasteiger partial charge in [-0.05, 0) is 25.0 Å². The van der Waals surface area contributed by atoms with Crippen molar-refractivity contribution < 1.29 is 4.79 Å². The maximum Gasteiger partial charge on any atom is 0.319 e. The maximum atomic E-state index is 11.5. The zero-order chi connectivity index (χ0) is 11.5. The Balaban J connectivity index is 2.32. The van der Waals surface area contributed by atoms with Crippen LogP contribution in [0.4, 0.5) is 10.5 Å². The highest BCUT2D eigenvalue weighted by Crippen LogP contribution is 2.31. The second-order valence-corrected chi connectivity index (χ2v) is 4.32. The third-order valence-electron chi connectivity index (χ3n) is 2.93. The van der Waals surface area contributed by atoms with Gasteiger partial charge in [0.25, 0.3) is 0 Å². The SMILES string of the molecule is NC(=O)N(c1cccnc1Cl)C1CCCC1. The number of aromatic nitrogens is 1. The Bertz CT molecular complexity index is 391. The van der Waals surface area contributed by atoms with Gasteiger partial charge in [0.1, 0.15) is 0 Å². The minimum atomic E-state index is -0.457. The Morgan fingerprint density at radius 1 is 1.50 bits per heavy atom. The van der Waals surface area contributed by atoms with Crippen molar-refractivity contribution in [2.75, 3.05) is 4.90 Å². The van der Waals surface area contributed by atoms with Gasteiger partial charge in [0.05, 0.1) is 5.69 Å². The van der Waals surface area contributed by atoms with Crippen molar-refractivity contribution in [1.82, 2.24) is 4.98 Å². The van der Waals surface area contributed by atoms with Crippen molar-refractivity contribution in [1.29, 1.82) is 0 Å². The number of carbonyl (C=O) groups excluding carboxylic acids is 1. The number of nitrogens with two attached hydrogens (primary N) is 1. The number of rotatable bonds is 2. The van der Waals surface area contributed by atoms with Crippen molar-refractivity contribution in [3.8, 4) is 0 Å². The van der Waals surface area contributed by atoms with Crippen LogP contribution in [0, 0.1) is 0 Å². The molecule has 0 bridgehead atoms. The Kier molecular flexibility index (Phi) is 3.29. The Morgan fingerprint density at radius 3 is 2.75 bits per heavy atom. The lowest BCUT2D eigenvalue weighted by atomic mass is 10.2. The third-order valence-corrected chi connectivity index (χ3v) is 3.22. The molecule has 1 aliphatic carbocycles. The highest BCUT2D eigenvalue weighted by Gasteiger charge is 2.28. The highest BCUT2D eigenvalue weighted by atomic mass is 35.5. The predicted molar refractivity (Wildman–Crippen MR) is 63.6 cm³/mol. The van der Waals surface area contributed by atoms with Crippen LogP contribution in [-0.2, 0) is 0 Å². The van der Waals surface area contributed by atoms with E-state index in [4.69, 9.17) is 17.3 Å². The van der Waals surface area contributed by atoms with E-state index >= 15 is 0 Å². The molecule has 0 spiro atoms. The number of hydrogen-bond donors (Lipinski definition) is 1. The summed E-state index contributed by atoms with van der Waals surface area (Å²) in [6.45, 7) is 0. The van der Waals surface area contributed by atoms with Gasteiger partial charge in [0.2, 0.25) is 0 Å². The van der Waals surface area contributed by atoms with E-state index in [0.717, 1.165) is 25.7 Å². The summed E-state index contributed by atoms with van der Waals surface area (Å²) in [4.78, 5) is 17.0. The summed E-state index contributed by atoms with van der Waals surface area (Å²) in [5.74, 6) is 0. The standard InChI is InChI=1S/C11H14ClN3O/c12-10-9(6-3-7-14-10)15(11(13)16)8-4-1-2-5-8/h3,6-8H,1-2,4-5H2,(H2,13,16). The van der Waals surface area contributed by atoms with Crippen LogP contribution < -0.4 is 10.6 Å². The fourth-order valence-electron chi connectivity index (χ4n) is 2.22. The second kappa shape index (κ2) is 4.70. The molecule has 4 nitrogen and oxygen atoms in total. The number of pyridine rings is 1. The average Bonchev–Trinajstić information content (AvgIpc) is 2.74. The zero-order valence-corrected chi connectivity index (χ0v) is 9.65. The van der Waals surface area contributed by atoms with E-state index in [2.05, 4.69) is 4.98 Å². The summed E-state index contributed by atoms with van der Waals surface area (Å²) < 4.78 is 0. The van der Waals surface area contributed by atoms with Crippen molar-refractivity contribution in [3.63, 3.8) is 0 Å². The first-order valence-electron chi connectivity index (χ1n) is 5.39. The summed E-state index contributed by atoms with van der Waals surface area (Å²) in [5.41, 5.74) is 6.03. The molecule has 2 N–H and O–H groups in total. The van der Waals surface area contributed by atoms with Gasteiger partial charge >= 0.3 is 6.03 Å². The minimum absolute atomic E-state index is 0.166. The van der Waals surface area contributed by atoms with E-state index in [1.807, 2.05) is 0 Å². The fourth-order valence-corrected chi connectivity index (χ4v) is 2.43. The number of urea groups is 1. The van der Waals surface area contributed by atoms with Gasteiger partial charge < -0.3 is 5.73 Å². The van der Waals surface area contributed by atoms with E-state index in [1.165, 1.54) is 0 Å². The summed E-state index contributed by atoms with van der Waals surface area (Å²) >= 11 is 5.98. The van der Waals surface area contributed by atoms with Gasteiger partial charge in [-0.25, -0.2) is 9.78 Å². The molecule has 1 saturated carbocycles. The summed E-state index contributed by atoms with van der Waals surface area (Å²) in [5, 5.41) is 0.327. The van der Waals surface area contributed by atoms with Gasteiger partial charge in [-0.2, -0.15) is 0 Å². The van der Waals surface area contributed by atoms with Crippen LogP contribution >= 0.6 is 11.6 Å².